The maximum Gasteiger partial charge on any atom is 0.413 e. The zero-order chi connectivity index (χ0) is 29.9. The van der Waals surface area contributed by atoms with Crippen molar-refractivity contribution >= 4 is 21.8 Å². The highest BCUT2D eigenvalue weighted by atomic mass is 32.2. The standard InChI is InChI=1S/C26H28F4N4O5S/c1-24(2,3)39-23(36)34(21(26(28,29)30)17-7-9-18(27)10-8-17)20(22(35)33-25(16-31)11-12-25)15-40(37,38)14-19-6-4-5-13-32-19/h4-10,13,20-21H,11-12,14-15H2,1-3H3,(H,33,35). The number of carbonyl (C=O) groups excluding carboxylic acids is 2. The van der Waals surface area contributed by atoms with Gasteiger partial charge in [-0.2, -0.15) is 18.4 Å². The molecular weight excluding hydrogens is 556 g/mol. The van der Waals surface area contributed by atoms with Gasteiger partial charge in [-0.25, -0.2) is 17.6 Å². The Labute approximate surface area is 229 Å². The Bertz CT molecular complexity index is 1370. The van der Waals surface area contributed by atoms with Gasteiger partial charge in [0.25, 0.3) is 0 Å². The number of hydrogen-bond donors (Lipinski definition) is 1. The third-order valence-electron chi connectivity index (χ3n) is 5.85. The molecule has 216 valence electrons. The highest BCUT2D eigenvalue weighted by Gasteiger charge is 2.54. The lowest BCUT2D eigenvalue weighted by Gasteiger charge is -2.39. The second kappa shape index (κ2) is 11.4. The van der Waals surface area contributed by atoms with Gasteiger partial charge in [-0.15, -0.1) is 0 Å². The van der Waals surface area contributed by atoms with E-state index in [1.807, 2.05) is 6.07 Å². The number of hydrogen-bond acceptors (Lipinski definition) is 7. The number of sulfone groups is 1. The summed E-state index contributed by atoms with van der Waals surface area (Å²) in [5, 5.41) is 11.8. The summed E-state index contributed by atoms with van der Waals surface area (Å²) in [6, 6.07) is 4.12. The van der Waals surface area contributed by atoms with E-state index in [9.17, 15) is 40.8 Å². The van der Waals surface area contributed by atoms with Crippen LogP contribution in [0.3, 0.4) is 0 Å². The van der Waals surface area contributed by atoms with Gasteiger partial charge in [0.1, 0.15) is 23.0 Å². The molecule has 1 saturated carbocycles. The summed E-state index contributed by atoms with van der Waals surface area (Å²) >= 11 is 0. The Kier molecular flexibility index (Phi) is 8.78. The fraction of sp³-hybridized carbons (Fsp3) is 0.462. The fourth-order valence-electron chi connectivity index (χ4n) is 3.88. The van der Waals surface area contributed by atoms with Crippen molar-refractivity contribution in [3.8, 4) is 6.07 Å². The van der Waals surface area contributed by atoms with Gasteiger partial charge >= 0.3 is 12.3 Å². The molecule has 0 spiro atoms. The first-order valence-electron chi connectivity index (χ1n) is 12.1. The minimum Gasteiger partial charge on any atom is -0.444 e. The molecule has 0 bridgehead atoms. The zero-order valence-electron chi connectivity index (χ0n) is 21.9. The van der Waals surface area contributed by atoms with Gasteiger partial charge < -0.3 is 10.1 Å². The molecule has 1 heterocycles. The fourth-order valence-corrected chi connectivity index (χ4v) is 5.41. The molecule has 2 unspecified atom stereocenters. The number of pyridine rings is 1. The summed E-state index contributed by atoms with van der Waals surface area (Å²) in [6.07, 6.45) is -5.19. The summed E-state index contributed by atoms with van der Waals surface area (Å²) in [5.41, 5.74) is -3.32. The van der Waals surface area contributed by atoms with Crippen LogP contribution < -0.4 is 5.32 Å². The minimum absolute atomic E-state index is 0.0112. The van der Waals surface area contributed by atoms with Crippen molar-refractivity contribution in [2.75, 3.05) is 5.75 Å². The van der Waals surface area contributed by atoms with E-state index in [1.54, 1.807) is 0 Å². The summed E-state index contributed by atoms with van der Waals surface area (Å²) in [5.74, 6) is -4.13. The highest BCUT2D eigenvalue weighted by Crippen LogP contribution is 2.41. The smallest absolute Gasteiger partial charge is 0.413 e. The Balaban J connectivity index is 2.17. The number of nitrogens with one attached hydrogen (secondary N) is 1. The van der Waals surface area contributed by atoms with Gasteiger partial charge in [-0.1, -0.05) is 18.2 Å². The van der Waals surface area contributed by atoms with E-state index in [0.717, 1.165) is 24.3 Å². The van der Waals surface area contributed by atoms with Crippen LogP contribution in [0.2, 0.25) is 0 Å². The van der Waals surface area contributed by atoms with Crippen molar-refractivity contribution in [1.29, 1.82) is 5.26 Å². The molecule has 1 aliphatic rings. The first-order valence-corrected chi connectivity index (χ1v) is 13.9. The quantitative estimate of drug-likeness (QED) is 0.437. The molecule has 1 aromatic carbocycles. The van der Waals surface area contributed by atoms with Gasteiger partial charge in [0.15, 0.2) is 15.9 Å². The third kappa shape index (κ3) is 8.14. The van der Waals surface area contributed by atoms with E-state index >= 15 is 0 Å². The molecule has 0 saturated heterocycles. The topological polar surface area (TPSA) is 129 Å². The Morgan fingerprint density at radius 2 is 1.77 bits per heavy atom. The second-order valence-corrected chi connectivity index (χ2v) is 12.6. The van der Waals surface area contributed by atoms with E-state index in [2.05, 4.69) is 10.3 Å². The molecule has 1 aliphatic carbocycles. The number of ether oxygens (including phenoxy) is 1. The lowest BCUT2D eigenvalue weighted by Crippen LogP contribution is -2.59. The van der Waals surface area contributed by atoms with Crippen LogP contribution in [0.15, 0.2) is 48.7 Å². The monoisotopic (exact) mass is 584 g/mol. The van der Waals surface area contributed by atoms with Crippen LogP contribution in [-0.4, -0.2) is 59.4 Å². The van der Waals surface area contributed by atoms with E-state index in [4.69, 9.17) is 4.74 Å². The van der Waals surface area contributed by atoms with Gasteiger partial charge in [0.05, 0.1) is 23.3 Å². The number of nitriles is 1. The molecule has 3 rings (SSSR count). The summed E-state index contributed by atoms with van der Waals surface area (Å²) < 4.78 is 89.4. The lowest BCUT2D eigenvalue weighted by molar-refractivity contribution is -0.188. The molecule has 2 amide bonds. The van der Waals surface area contributed by atoms with Crippen molar-refractivity contribution in [2.45, 2.75) is 68.8 Å². The van der Waals surface area contributed by atoms with Crippen LogP contribution >= 0.6 is 0 Å². The molecule has 9 nitrogen and oxygen atoms in total. The predicted octanol–water partition coefficient (Wildman–Crippen LogP) is 4.22. The SMILES string of the molecule is CC(C)(C)OC(=O)N(C(CS(=O)(=O)Cc1ccccn1)C(=O)NC1(C#N)CC1)C(c1ccc(F)cc1)C(F)(F)F. The molecule has 40 heavy (non-hydrogen) atoms. The number of amides is 2. The Hall–Kier alpha value is -3.73. The molecule has 1 N–H and O–H groups in total. The van der Waals surface area contributed by atoms with Crippen molar-refractivity contribution < 1.29 is 40.3 Å². The maximum absolute atomic E-state index is 14.7. The van der Waals surface area contributed by atoms with Crippen LogP contribution in [-0.2, 0) is 25.1 Å². The Morgan fingerprint density at radius 1 is 1.15 bits per heavy atom. The van der Waals surface area contributed by atoms with E-state index in [1.165, 1.54) is 45.2 Å². The van der Waals surface area contributed by atoms with Gasteiger partial charge in [-0.05, 0) is 63.4 Å². The average molecular weight is 585 g/mol. The number of nitrogens with zero attached hydrogens (tertiary/aromatic N) is 3. The van der Waals surface area contributed by atoms with Crippen LogP contribution in [0.4, 0.5) is 22.4 Å². The summed E-state index contributed by atoms with van der Waals surface area (Å²) in [6.45, 7) is 4.14. The van der Waals surface area contributed by atoms with Crippen LogP contribution in [0, 0.1) is 17.1 Å². The number of halogens is 4. The highest BCUT2D eigenvalue weighted by molar-refractivity contribution is 7.90. The van der Waals surface area contributed by atoms with E-state index in [-0.39, 0.29) is 23.4 Å². The summed E-state index contributed by atoms with van der Waals surface area (Å²) in [4.78, 5) is 30.8. The normalized spacial score (nSPS) is 16.2. The number of aromatic nitrogens is 1. The van der Waals surface area contributed by atoms with Gasteiger partial charge in [0, 0.05) is 6.20 Å². The molecule has 14 heteroatoms. The second-order valence-electron chi connectivity index (χ2n) is 10.5. The van der Waals surface area contributed by atoms with Crippen LogP contribution in [0.5, 0.6) is 0 Å². The van der Waals surface area contributed by atoms with Gasteiger partial charge in [0.2, 0.25) is 5.91 Å². The van der Waals surface area contributed by atoms with E-state index < -0.39 is 74.1 Å². The van der Waals surface area contributed by atoms with Crippen molar-refractivity contribution in [1.82, 2.24) is 15.2 Å². The van der Waals surface area contributed by atoms with Crippen LogP contribution in [0.25, 0.3) is 0 Å². The molecule has 0 aliphatic heterocycles. The number of benzene rings is 1. The minimum atomic E-state index is -5.26. The largest absolute Gasteiger partial charge is 0.444 e. The molecular formula is C26H28F4N4O5S. The zero-order valence-corrected chi connectivity index (χ0v) is 22.7. The lowest BCUT2D eigenvalue weighted by atomic mass is 10.0. The predicted molar refractivity (Wildman–Crippen MR) is 135 cm³/mol. The van der Waals surface area contributed by atoms with Gasteiger partial charge in [-0.3, -0.25) is 14.7 Å². The number of alkyl halides is 3. The Morgan fingerprint density at radius 3 is 2.25 bits per heavy atom. The van der Waals surface area contributed by atoms with Crippen molar-refractivity contribution in [2.24, 2.45) is 0 Å². The molecule has 1 fully saturated rings. The maximum atomic E-state index is 14.7. The third-order valence-corrected chi connectivity index (χ3v) is 7.41. The molecule has 1 aromatic heterocycles. The van der Waals surface area contributed by atoms with Crippen molar-refractivity contribution in [3.63, 3.8) is 0 Å². The molecule has 0 radical (unpaired) electrons. The molecule has 2 atom stereocenters. The van der Waals surface area contributed by atoms with Crippen molar-refractivity contribution in [3.05, 3.63) is 65.7 Å². The first-order chi connectivity index (χ1) is 18.5. The first kappa shape index (κ1) is 30.8. The number of carbonyl (C=O) groups is 2. The van der Waals surface area contributed by atoms with E-state index in [0.29, 0.717) is 0 Å². The van der Waals surface area contributed by atoms with Crippen LogP contribution in [0.1, 0.15) is 50.9 Å². The summed E-state index contributed by atoms with van der Waals surface area (Å²) in [7, 11) is -4.39. The average Bonchev–Trinajstić information content (AvgIpc) is 3.60. The molecule has 2 aromatic rings. The number of rotatable bonds is 9.